The molecule has 24 heavy (non-hydrogen) atoms. The molecule has 126 valence electrons. The van der Waals surface area contributed by atoms with Crippen LogP contribution in [0.3, 0.4) is 0 Å². The van der Waals surface area contributed by atoms with Crippen LogP contribution in [-0.4, -0.2) is 54.3 Å². The van der Waals surface area contributed by atoms with E-state index in [-0.39, 0.29) is 11.6 Å². The Morgan fingerprint density at radius 2 is 2.17 bits per heavy atom. The summed E-state index contributed by atoms with van der Waals surface area (Å²) in [6.45, 7) is 2.63. The van der Waals surface area contributed by atoms with Crippen molar-refractivity contribution in [1.29, 1.82) is 0 Å². The highest BCUT2D eigenvalue weighted by Gasteiger charge is 2.18. The van der Waals surface area contributed by atoms with E-state index in [0.717, 1.165) is 5.69 Å². The maximum Gasteiger partial charge on any atom is 0.270 e. The summed E-state index contributed by atoms with van der Waals surface area (Å²) in [7, 11) is 0. The predicted molar refractivity (Wildman–Crippen MR) is 91.8 cm³/mol. The third-order valence-corrected chi connectivity index (χ3v) is 4.37. The maximum absolute atomic E-state index is 11.1. The molecular formula is C14H15N5O4S. The van der Waals surface area contributed by atoms with Crippen molar-refractivity contribution >= 4 is 40.4 Å². The van der Waals surface area contributed by atoms with Crippen molar-refractivity contribution in [3.05, 3.63) is 33.9 Å². The van der Waals surface area contributed by atoms with Gasteiger partial charge in [-0.05, 0) is 6.07 Å². The number of nitro groups is 1. The molecule has 0 atom stereocenters. The van der Waals surface area contributed by atoms with Crippen LogP contribution in [0.15, 0.2) is 28.4 Å². The monoisotopic (exact) mass is 349 g/mol. The number of amidine groups is 1. The molecule has 1 N–H and O–H groups in total. The molecule has 2 aliphatic rings. The number of rotatable bonds is 4. The number of nitro benzene ring substituents is 1. The number of anilines is 1. The van der Waals surface area contributed by atoms with Gasteiger partial charge in [-0.2, -0.15) is 5.10 Å². The third-order valence-electron chi connectivity index (χ3n) is 3.51. The van der Waals surface area contributed by atoms with Gasteiger partial charge < -0.3 is 15.0 Å². The van der Waals surface area contributed by atoms with E-state index >= 15 is 0 Å². The van der Waals surface area contributed by atoms with E-state index in [1.807, 2.05) is 0 Å². The molecule has 2 fully saturated rings. The summed E-state index contributed by atoms with van der Waals surface area (Å²) >= 11 is 1.27. The normalized spacial score (nSPS) is 19.9. The lowest BCUT2D eigenvalue weighted by Gasteiger charge is -2.29. The van der Waals surface area contributed by atoms with Crippen LogP contribution < -0.4 is 10.2 Å². The van der Waals surface area contributed by atoms with Crippen LogP contribution in [-0.2, 0) is 9.53 Å². The van der Waals surface area contributed by atoms with Gasteiger partial charge in [-0.25, -0.2) is 0 Å². The number of thioether (sulfide) groups is 1. The van der Waals surface area contributed by atoms with Gasteiger partial charge in [0.1, 0.15) is 0 Å². The lowest BCUT2D eigenvalue weighted by atomic mass is 10.1. The zero-order valence-electron chi connectivity index (χ0n) is 12.7. The first kappa shape index (κ1) is 16.4. The quantitative estimate of drug-likeness (QED) is 0.493. The smallest absolute Gasteiger partial charge is 0.270 e. The molecule has 0 bridgehead atoms. The van der Waals surface area contributed by atoms with Crippen LogP contribution in [0.5, 0.6) is 0 Å². The molecule has 2 heterocycles. The van der Waals surface area contributed by atoms with Crippen molar-refractivity contribution in [2.24, 2.45) is 10.2 Å². The number of hydrogen-bond acceptors (Lipinski definition) is 8. The Labute approximate surface area is 141 Å². The minimum atomic E-state index is -0.445. The average Bonchev–Trinajstić information content (AvgIpc) is 3.01. The highest BCUT2D eigenvalue weighted by atomic mass is 32.2. The predicted octanol–water partition coefficient (Wildman–Crippen LogP) is 0.984. The van der Waals surface area contributed by atoms with Crippen LogP contribution in [0.2, 0.25) is 0 Å². The second-order valence-electron chi connectivity index (χ2n) is 5.09. The molecule has 0 aromatic heterocycles. The zero-order valence-corrected chi connectivity index (χ0v) is 13.5. The summed E-state index contributed by atoms with van der Waals surface area (Å²) in [6.07, 6.45) is 1.47. The van der Waals surface area contributed by atoms with Crippen LogP contribution >= 0.6 is 11.8 Å². The van der Waals surface area contributed by atoms with Gasteiger partial charge in [-0.3, -0.25) is 14.9 Å². The largest absolute Gasteiger partial charge is 0.378 e. The summed E-state index contributed by atoms with van der Waals surface area (Å²) < 4.78 is 5.33. The van der Waals surface area contributed by atoms with E-state index < -0.39 is 4.92 Å². The Kier molecular flexibility index (Phi) is 5.06. The first-order valence-corrected chi connectivity index (χ1v) is 8.27. The highest BCUT2D eigenvalue weighted by Crippen LogP contribution is 2.25. The van der Waals surface area contributed by atoms with E-state index in [0.29, 0.717) is 42.8 Å². The molecule has 9 nitrogen and oxygen atoms in total. The summed E-state index contributed by atoms with van der Waals surface area (Å²) in [4.78, 5) is 23.8. The van der Waals surface area contributed by atoms with E-state index in [1.54, 1.807) is 6.07 Å². The molecule has 0 unspecified atom stereocenters. The van der Waals surface area contributed by atoms with Gasteiger partial charge in [0.15, 0.2) is 5.17 Å². The number of hydrogen-bond donors (Lipinski definition) is 1. The molecule has 0 spiro atoms. The lowest BCUT2D eigenvalue weighted by Crippen LogP contribution is -2.36. The number of non-ortho nitro benzene ring substituents is 1. The Hall–Kier alpha value is -2.46. The van der Waals surface area contributed by atoms with Gasteiger partial charge in [0.05, 0.1) is 30.1 Å². The Balaban J connectivity index is 1.86. The Morgan fingerprint density at radius 1 is 1.38 bits per heavy atom. The summed E-state index contributed by atoms with van der Waals surface area (Å²) in [5.41, 5.74) is 1.44. The first-order chi connectivity index (χ1) is 11.6. The van der Waals surface area contributed by atoms with Gasteiger partial charge in [0, 0.05) is 36.5 Å². The van der Waals surface area contributed by atoms with Crippen molar-refractivity contribution in [3.8, 4) is 0 Å². The molecule has 1 aromatic carbocycles. The van der Waals surface area contributed by atoms with Crippen LogP contribution in [0.4, 0.5) is 11.4 Å². The van der Waals surface area contributed by atoms with Gasteiger partial charge in [0.2, 0.25) is 5.91 Å². The summed E-state index contributed by atoms with van der Waals surface area (Å²) in [5.74, 6) is 0.211. The number of morpholine rings is 1. The summed E-state index contributed by atoms with van der Waals surface area (Å²) in [6, 6.07) is 4.65. The molecule has 1 aromatic rings. The standard InChI is InChI=1S/C14H15N5O4S/c20-13-9-24-14(16-13)17-15-8-10-7-11(19(21)22)1-2-12(10)18-3-5-23-6-4-18/h1-2,7-8H,3-6,9H2,(H,16,17,20). The molecule has 2 saturated heterocycles. The lowest BCUT2D eigenvalue weighted by molar-refractivity contribution is -0.384. The number of ether oxygens (including phenoxy) is 1. The van der Waals surface area contributed by atoms with Gasteiger partial charge in [-0.15, -0.1) is 5.10 Å². The SMILES string of the molecule is O=C1CSC(=NN=Cc2cc([N+](=O)[O-])ccc2N2CCOCC2)N1. The number of benzene rings is 1. The second kappa shape index (κ2) is 7.41. The van der Waals surface area contributed by atoms with Crippen LogP contribution in [0, 0.1) is 10.1 Å². The number of carbonyl (C=O) groups is 1. The number of amides is 1. The molecule has 2 aliphatic heterocycles. The van der Waals surface area contributed by atoms with Crippen molar-refractivity contribution in [2.45, 2.75) is 0 Å². The minimum Gasteiger partial charge on any atom is -0.378 e. The van der Waals surface area contributed by atoms with Crippen molar-refractivity contribution < 1.29 is 14.5 Å². The molecule has 10 heteroatoms. The Bertz CT molecular complexity index is 715. The minimum absolute atomic E-state index is 0.00958. The second-order valence-corrected chi connectivity index (χ2v) is 6.05. The molecule has 3 rings (SSSR count). The number of nitrogens with one attached hydrogen (secondary N) is 1. The van der Waals surface area contributed by atoms with E-state index in [1.165, 1.54) is 30.1 Å². The fourth-order valence-electron chi connectivity index (χ4n) is 2.37. The maximum atomic E-state index is 11.1. The van der Waals surface area contributed by atoms with Crippen LogP contribution in [0.25, 0.3) is 0 Å². The average molecular weight is 349 g/mol. The summed E-state index contributed by atoms with van der Waals surface area (Å²) in [5, 5.41) is 21.9. The topological polar surface area (TPSA) is 109 Å². The number of nitrogens with zero attached hydrogens (tertiary/aromatic N) is 4. The fraction of sp³-hybridized carbons (Fsp3) is 0.357. The van der Waals surface area contributed by atoms with Crippen LogP contribution in [0.1, 0.15) is 5.56 Å². The van der Waals surface area contributed by atoms with Gasteiger partial charge >= 0.3 is 0 Å². The Morgan fingerprint density at radius 3 is 2.83 bits per heavy atom. The molecule has 0 radical (unpaired) electrons. The number of carbonyl (C=O) groups excluding carboxylic acids is 1. The highest BCUT2D eigenvalue weighted by molar-refractivity contribution is 8.15. The van der Waals surface area contributed by atoms with Gasteiger partial charge in [0.25, 0.3) is 5.69 Å². The molecule has 0 aliphatic carbocycles. The fourth-order valence-corrected chi connectivity index (χ4v) is 3.00. The zero-order chi connectivity index (χ0) is 16.9. The van der Waals surface area contributed by atoms with Crippen molar-refractivity contribution in [3.63, 3.8) is 0 Å². The van der Waals surface area contributed by atoms with Gasteiger partial charge in [-0.1, -0.05) is 11.8 Å². The van der Waals surface area contributed by atoms with E-state index in [2.05, 4.69) is 20.4 Å². The molecule has 1 amide bonds. The molecule has 0 saturated carbocycles. The first-order valence-electron chi connectivity index (χ1n) is 7.28. The van der Waals surface area contributed by atoms with E-state index in [4.69, 9.17) is 4.74 Å². The third kappa shape index (κ3) is 3.89. The van der Waals surface area contributed by atoms with Crippen molar-refractivity contribution in [2.75, 3.05) is 37.0 Å². The van der Waals surface area contributed by atoms with Crippen molar-refractivity contribution in [1.82, 2.24) is 5.32 Å². The van der Waals surface area contributed by atoms with E-state index in [9.17, 15) is 14.9 Å². The molecular weight excluding hydrogens is 334 g/mol.